The van der Waals surface area contributed by atoms with Crippen molar-refractivity contribution >= 4 is 39.5 Å². The first-order valence-corrected chi connectivity index (χ1v) is 44.0. The normalized spacial score (nSPS) is 13.9. The van der Waals surface area contributed by atoms with E-state index in [9.17, 15) is 43.2 Å². The Hall–Kier alpha value is -1.94. The van der Waals surface area contributed by atoms with Crippen LogP contribution < -0.4 is 0 Å². The third-order valence-corrected chi connectivity index (χ3v) is 20.4. The molecule has 0 heterocycles. The smallest absolute Gasteiger partial charge is 0.462 e. The number of ether oxygens (including phenoxy) is 4. The standard InChI is InChI=1S/C79H154O17P2/c1-7-9-11-13-15-17-19-21-23-25-27-28-30-32-34-36-38-43-51-57-63-78(83)95-74(67-89-76(81)61-55-49-42-37-35-33-31-29-26-24-22-20-18-16-14-12-10-8-2)69-93-97(85,86)91-65-73(80)66-92-98(87,88)94-70-75(68-90-77(82)62-56-50-46-45-48-54-60-72(5)6)96-79(84)64-58-52-44-40-39-41-47-53-59-71(3)4/h71-75,80H,7-70H2,1-6H3,(H,85,86)(H,87,88)/t73-,74-,75-/m1/s1. The molecule has 0 aliphatic heterocycles. The minimum Gasteiger partial charge on any atom is -0.462 e. The number of hydrogen-bond acceptors (Lipinski definition) is 15. The summed E-state index contributed by atoms with van der Waals surface area (Å²) in [4.78, 5) is 72.8. The lowest BCUT2D eigenvalue weighted by molar-refractivity contribution is -0.161. The van der Waals surface area contributed by atoms with E-state index in [4.69, 9.17) is 37.0 Å². The minimum atomic E-state index is -4.96. The van der Waals surface area contributed by atoms with E-state index < -0.39 is 97.5 Å². The van der Waals surface area contributed by atoms with E-state index >= 15 is 0 Å². The van der Waals surface area contributed by atoms with Gasteiger partial charge in [0.2, 0.25) is 0 Å². The van der Waals surface area contributed by atoms with Gasteiger partial charge in [0, 0.05) is 25.7 Å². The van der Waals surface area contributed by atoms with Crippen LogP contribution in [0.1, 0.15) is 414 Å². The summed E-state index contributed by atoms with van der Waals surface area (Å²) in [7, 11) is -9.91. The Labute approximate surface area is 600 Å². The zero-order valence-electron chi connectivity index (χ0n) is 64.1. The molecule has 0 rings (SSSR count). The third-order valence-electron chi connectivity index (χ3n) is 18.5. The number of phosphoric acid groups is 2. The van der Waals surface area contributed by atoms with Crippen LogP contribution in [0, 0.1) is 11.8 Å². The summed E-state index contributed by atoms with van der Waals surface area (Å²) in [5, 5.41) is 10.6. The van der Waals surface area contributed by atoms with E-state index in [0.29, 0.717) is 31.6 Å². The van der Waals surface area contributed by atoms with Crippen molar-refractivity contribution in [3.63, 3.8) is 0 Å². The van der Waals surface area contributed by atoms with Gasteiger partial charge in [-0.25, -0.2) is 9.13 Å². The highest BCUT2D eigenvalue weighted by molar-refractivity contribution is 7.47. The molecule has 3 N–H and O–H groups in total. The third kappa shape index (κ3) is 72.4. The zero-order valence-corrected chi connectivity index (χ0v) is 65.9. The molecule has 0 aromatic carbocycles. The second-order valence-electron chi connectivity index (χ2n) is 29.4. The molecule has 0 aliphatic rings. The molecule has 0 aromatic heterocycles. The fraction of sp³-hybridized carbons (Fsp3) is 0.949. The quantitative estimate of drug-likeness (QED) is 0.0222. The Morgan fingerprint density at radius 3 is 0.694 bits per heavy atom. The van der Waals surface area contributed by atoms with Crippen molar-refractivity contribution in [2.24, 2.45) is 11.8 Å². The monoisotopic (exact) mass is 1440 g/mol. The number of unbranched alkanes of at least 4 members (excludes halogenated alkanes) is 48. The van der Waals surface area contributed by atoms with Gasteiger partial charge in [0.15, 0.2) is 12.2 Å². The molecule has 0 bridgehead atoms. The van der Waals surface area contributed by atoms with Crippen LogP contribution in [0.15, 0.2) is 0 Å². The van der Waals surface area contributed by atoms with Crippen molar-refractivity contribution in [1.29, 1.82) is 0 Å². The molecular formula is C79H154O17P2. The summed E-state index contributed by atoms with van der Waals surface area (Å²) in [5.41, 5.74) is 0. The Morgan fingerprint density at radius 1 is 0.276 bits per heavy atom. The average molecular weight is 1440 g/mol. The lowest BCUT2D eigenvalue weighted by atomic mass is 10.0. The number of phosphoric ester groups is 2. The molecule has 0 saturated carbocycles. The highest BCUT2D eigenvalue weighted by atomic mass is 31.2. The first kappa shape index (κ1) is 96.1. The van der Waals surface area contributed by atoms with Gasteiger partial charge in [0.05, 0.1) is 26.4 Å². The summed E-state index contributed by atoms with van der Waals surface area (Å²) in [6, 6.07) is 0. The predicted octanol–water partition coefficient (Wildman–Crippen LogP) is 23.5. The molecule has 0 radical (unpaired) electrons. The molecule has 0 fully saturated rings. The molecule has 0 saturated heterocycles. The van der Waals surface area contributed by atoms with Gasteiger partial charge in [-0.15, -0.1) is 0 Å². The van der Waals surface area contributed by atoms with Gasteiger partial charge >= 0.3 is 39.5 Å². The maximum absolute atomic E-state index is 13.1. The van der Waals surface area contributed by atoms with Gasteiger partial charge in [0.1, 0.15) is 19.3 Å². The molecule has 5 atom stereocenters. The van der Waals surface area contributed by atoms with Gasteiger partial charge in [0.25, 0.3) is 0 Å². The first-order valence-electron chi connectivity index (χ1n) is 41.0. The number of carbonyl (C=O) groups is 4. The molecular weight excluding hydrogens is 1280 g/mol. The van der Waals surface area contributed by atoms with Crippen molar-refractivity contribution in [3.8, 4) is 0 Å². The summed E-state index contributed by atoms with van der Waals surface area (Å²) in [6.07, 6.45) is 60.1. The van der Waals surface area contributed by atoms with E-state index in [1.165, 1.54) is 225 Å². The molecule has 582 valence electrons. The van der Waals surface area contributed by atoms with Crippen molar-refractivity contribution in [3.05, 3.63) is 0 Å². The zero-order chi connectivity index (χ0) is 72.1. The number of rotatable bonds is 78. The topological polar surface area (TPSA) is 237 Å². The van der Waals surface area contributed by atoms with Gasteiger partial charge in [-0.05, 0) is 37.5 Å². The molecule has 0 aromatic rings. The molecule has 0 amide bonds. The Morgan fingerprint density at radius 2 is 0.469 bits per heavy atom. The van der Waals surface area contributed by atoms with Crippen LogP contribution in [-0.2, 0) is 65.4 Å². The van der Waals surface area contributed by atoms with Crippen LogP contribution in [-0.4, -0.2) is 96.7 Å². The van der Waals surface area contributed by atoms with E-state index in [1.54, 1.807) is 0 Å². The van der Waals surface area contributed by atoms with Crippen LogP contribution in [0.3, 0.4) is 0 Å². The maximum atomic E-state index is 13.1. The molecule has 0 spiro atoms. The molecule has 17 nitrogen and oxygen atoms in total. The first-order chi connectivity index (χ1) is 47.4. The second-order valence-corrected chi connectivity index (χ2v) is 32.3. The SMILES string of the molecule is CCCCCCCCCCCCCCCCCCCCCCC(=O)O[C@H](COC(=O)CCCCCCCCCCCCCCCCCCCC)COP(=O)(O)OC[C@@H](O)COP(=O)(O)OC[C@@H](COC(=O)CCCCCCCCC(C)C)OC(=O)CCCCCCCCCCC(C)C. The highest BCUT2D eigenvalue weighted by Gasteiger charge is 2.30. The maximum Gasteiger partial charge on any atom is 0.472 e. The number of hydrogen-bond donors (Lipinski definition) is 3. The van der Waals surface area contributed by atoms with E-state index in [1.807, 2.05) is 0 Å². The van der Waals surface area contributed by atoms with Crippen LogP contribution in [0.2, 0.25) is 0 Å². The molecule has 0 aliphatic carbocycles. The van der Waals surface area contributed by atoms with Crippen LogP contribution in [0.5, 0.6) is 0 Å². The molecule has 2 unspecified atom stereocenters. The van der Waals surface area contributed by atoms with Crippen LogP contribution in [0.4, 0.5) is 0 Å². The lowest BCUT2D eigenvalue weighted by Crippen LogP contribution is -2.30. The van der Waals surface area contributed by atoms with Crippen LogP contribution in [0.25, 0.3) is 0 Å². The van der Waals surface area contributed by atoms with Gasteiger partial charge in [-0.1, -0.05) is 363 Å². The Balaban J connectivity index is 5.20. The summed E-state index contributed by atoms with van der Waals surface area (Å²) >= 11 is 0. The fourth-order valence-corrected chi connectivity index (χ4v) is 13.8. The lowest BCUT2D eigenvalue weighted by Gasteiger charge is -2.21. The number of aliphatic hydroxyl groups excluding tert-OH is 1. The number of aliphatic hydroxyl groups is 1. The van der Waals surface area contributed by atoms with E-state index in [-0.39, 0.29) is 25.7 Å². The number of carbonyl (C=O) groups excluding carboxylic acids is 4. The predicted molar refractivity (Wildman–Crippen MR) is 400 cm³/mol. The summed E-state index contributed by atoms with van der Waals surface area (Å²) < 4.78 is 68.6. The van der Waals surface area contributed by atoms with Gasteiger partial charge in [-0.3, -0.25) is 37.3 Å². The molecule has 98 heavy (non-hydrogen) atoms. The van der Waals surface area contributed by atoms with Gasteiger partial charge in [-0.2, -0.15) is 0 Å². The fourth-order valence-electron chi connectivity index (χ4n) is 12.2. The molecule has 19 heteroatoms. The Bertz CT molecular complexity index is 1890. The Kier molecular flexibility index (Phi) is 69.3. The highest BCUT2D eigenvalue weighted by Crippen LogP contribution is 2.45. The van der Waals surface area contributed by atoms with Gasteiger partial charge < -0.3 is 33.8 Å². The van der Waals surface area contributed by atoms with E-state index in [2.05, 4.69) is 41.5 Å². The largest absolute Gasteiger partial charge is 0.472 e. The van der Waals surface area contributed by atoms with Crippen molar-refractivity contribution < 1.29 is 80.2 Å². The average Bonchev–Trinajstić information content (AvgIpc) is 1.04. The summed E-state index contributed by atoms with van der Waals surface area (Å²) in [5.74, 6) is -0.719. The minimum absolute atomic E-state index is 0.104. The van der Waals surface area contributed by atoms with Crippen molar-refractivity contribution in [2.75, 3.05) is 39.6 Å². The van der Waals surface area contributed by atoms with Crippen molar-refractivity contribution in [1.82, 2.24) is 0 Å². The van der Waals surface area contributed by atoms with Crippen molar-refractivity contribution in [2.45, 2.75) is 432 Å². The summed E-state index contributed by atoms with van der Waals surface area (Å²) in [6.45, 7) is 9.49. The number of esters is 4. The second kappa shape index (κ2) is 70.7. The van der Waals surface area contributed by atoms with Crippen LogP contribution >= 0.6 is 15.6 Å². The van der Waals surface area contributed by atoms with E-state index in [0.717, 1.165) is 102 Å².